The van der Waals surface area contributed by atoms with Crippen molar-refractivity contribution in [3.63, 3.8) is 0 Å². The summed E-state index contributed by atoms with van der Waals surface area (Å²) in [6.45, 7) is 5.70. The van der Waals surface area contributed by atoms with E-state index in [2.05, 4.69) is 5.32 Å². The lowest BCUT2D eigenvalue weighted by Gasteiger charge is -2.24. The Morgan fingerprint density at radius 2 is 2.16 bits per heavy atom. The van der Waals surface area contributed by atoms with Crippen LogP contribution in [0.2, 0.25) is 5.02 Å². The van der Waals surface area contributed by atoms with Crippen molar-refractivity contribution in [3.05, 3.63) is 28.8 Å². The van der Waals surface area contributed by atoms with E-state index in [4.69, 9.17) is 16.3 Å². The lowest BCUT2D eigenvalue weighted by molar-refractivity contribution is -0.124. The first kappa shape index (κ1) is 15.5. The van der Waals surface area contributed by atoms with Gasteiger partial charge in [0.2, 0.25) is 0 Å². The van der Waals surface area contributed by atoms with Gasteiger partial charge in [0.1, 0.15) is 5.75 Å². The van der Waals surface area contributed by atoms with E-state index in [0.717, 1.165) is 6.42 Å². The summed E-state index contributed by atoms with van der Waals surface area (Å²) in [7, 11) is 0. The molecule has 19 heavy (non-hydrogen) atoms. The quantitative estimate of drug-likeness (QED) is 0.817. The van der Waals surface area contributed by atoms with Crippen LogP contribution >= 0.6 is 11.6 Å². The molecule has 1 amide bonds. The Labute approximate surface area is 118 Å². The summed E-state index contributed by atoms with van der Waals surface area (Å²) in [6.07, 6.45) is 1.43. The smallest absolute Gasteiger partial charge is 0.258 e. The molecule has 4 nitrogen and oxygen atoms in total. The van der Waals surface area contributed by atoms with Crippen LogP contribution in [0.15, 0.2) is 18.2 Å². The van der Waals surface area contributed by atoms with Gasteiger partial charge in [-0.3, -0.25) is 9.59 Å². The molecule has 0 saturated heterocycles. The van der Waals surface area contributed by atoms with Gasteiger partial charge < -0.3 is 10.1 Å². The van der Waals surface area contributed by atoms with E-state index >= 15 is 0 Å². The molecule has 1 rings (SSSR count). The van der Waals surface area contributed by atoms with Crippen LogP contribution < -0.4 is 10.1 Å². The zero-order valence-corrected chi connectivity index (χ0v) is 12.1. The van der Waals surface area contributed by atoms with Crippen molar-refractivity contribution in [2.75, 3.05) is 6.61 Å². The number of carbonyl (C=O) groups excluding carboxylic acids is 2. The first-order valence-corrected chi connectivity index (χ1v) is 6.45. The van der Waals surface area contributed by atoms with E-state index in [1.807, 2.05) is 20.8 Å². The molecule has 0 aliphatic carbocycles. The maximum atomic E-state index is 11.7. The molecule has 0 saturated carbocycles. The molecule has 0 fully saturated rings. The Morgan fingerprint density at radius 1 is 1.47 bits per heavy atom. The number of amides is 1. The Kier molecular flexibility index (Phi) is 5.36. The summed E-state index contributed by atoms with van der Waals surface area (Å²) in [4.78, 5) is 22.6. The third-order valence-electron chi connectivity index (χ3n) is 2.85. The number of benzene rings is 1. The summed E-state index contributed by atoms with van der Waals surface area (Å²) < 4.78 is 5.33. The molecule has 0 unspecified atom stereocenters. The topological polar surface area (TPSA) is 55.4 Å². The van der Waals surface area contributed by atoms with E-state index in [9.17, 15) is 9.59 Å². The van der Waals surface area contributed by atoms with Gasteiger partial charge in [-0.1, -0.05) is 24.6 Å². The van der Waals surface area contributed by atoms with Crippen molar-refractivity contribution < 1.29 is 14.3 Å². The van der Waals surface area contributed by atoms with Crippen LogP contribution in [0.25, 0.3) is 0 Å². The van der Waals surface area contributed by atoms with Gasteiger partial charge in [0, 0.05) is 5.54 Å². The molecule has 1 aromatic carbocycles. The molecule has 0 heterocycles. The van der Waals surface area contributed by atoms with Gasteiger partial charge in [0.05, 0.1) is 10.6 Å². The molecule has 0 spiro atoms. The largest absolute Gasteiger partial charge is 0.483 e. The second-order valence-electron chi connectivity index (χ2n) is 4.84. The van der Waals surface area contributed by atoms with Crippen LogP contribution in [0.1, 0.15) is 37.6 Å². The van der Waals surface area contributed by atoms with Gasteiger partial charge in [-0.05, 0) is 32.4 Å². The van der Waals surface area contributed by atoms with Crippen LogP contribution in [0.4, 0.5) is 0 Å². The number of rotatable bonds is 6. The van der Waals surface area contributed by atoms with Crippen LogP contribution in [-0.2, 0) is 4.79 Å². The summed E-state index contributed by atoms with van der Waals surface area (Å²) >= 11 is 5.86. The number of halogens is 1. The summed E-state index contributed by atoms with van der Waals surface area (Å²) in [5.74, 6) is 0.0793. The van der Waals surface area contributed by atoms with E-state index in [-0.39, 0.29) is 23.6 Å². The Hall–Kier alpha value is -1.55. The monoisotopic (exact) mass is 283 g/mol. The highest BCUT2D eigenvalue weighted by Crippen LogP contribution is 2.24. The van der Waals surface area contributed by atoms with Crippen molar-refractivity contribution in [2.45, 2.75) is 32.7 Å². The molecule has 0 aliphatic rings. The standard InChI is InChI=1S/C14H18ClNO3/c1-4-14(2,3)16-13(18)9-19-12-7-5-6-11(15)10(12)8-17/h5-8H,4,9H2,1-3H3,(H,16,18). The highest BCUT2D eigenvalue weighted by Gasteiger charge is 2.18. The Balaban J connectivity index is 2.65. The van der Waals surface area contributed by atoms with Gasteiger partial charge in [0.15, 0.2) is 12.9 Å². The van der Waals surface area contributed by atoms with Crippen molar-refractivity contribution in [1.29, 1.82) is 0 Å². The SMILES string of the molecule is CCC(C)(C)NC(=O)COc1cccc(Cl)c1C=O. The minimum atomic E-state index is -0.276. The molecular weight excluding hydrogens is 266 g/mol. The fourth-order valence-corrected chi connectivity index (χ4v) is 1.61. The van der Waals surface area contributed by atoms with Crippen LogP contribution in [0.3, 0.4) is 0 Å². The zero-order valence-electron chi connectivity index (χ0n) is 11.3. The predicted octanol–water partition coefficient (Wildman–Crippen LogP) is 2.84. The van der Waals surface area contributed by atoms with Crippen LogP contribution in [0.5, 0.6) is 5.75 Å². The highest BCUT2D eigenvalue weighted by molar-refractivity contribution is 6.33. The third kappa shape index (κ3) is 4.56. The Morgan fingerprint density at radius 3 is 2.74 bits per heavy atom. The molecule has 104 valence electrons. The highest BCUT2D eigenvalue weighted by atomic mass is 35.5. The molecule has 0 bridgehead atoms. The van der Waals surface area contributed by atoms with Crippen LogP contribution in [-0.4, -0.2) is 24.3 Å². The molecule has 0 aliphatic heterocycles. The zero-order chi connectivity index (χ0) is 14.5. The fourth-order valence-electron chi connectivity index (χ4n) is 1.40. The molecule has 1 N–H and O–H groups in total. The van der Waals surface area contributed by atoms with E-state index in [0.29, 0.717) is 17.1 Å². The molecule has 0 atom stereocenters. The van der Waals surface area contributed by atoms with Crippen molar-refractivity contribution in [1.82, 2.24) is 5.32 Å². The second-order valence-corrected chi connectivity index (χ2v) is 5.25. The summed E-state index contributed by atoms with van der Waals surface area (Å²) in [5.41, 5.74) is -0.0193. The predicted molar refractivity (Wildman–Crippen MR) is 74.8 cm³/mol. The average molecular weight is 284 g/mol. The number of aldehydes is 1. The van der Waals surface area contributed by atoms with Gasteiger partial charge in [-0.15, -0.1) is 0 Å². The molecule has 1 aromatic rings. The fraction of sp³-hybridized carbons (Fsp3) is 0.429. The van der Waals surface area contributed by atoms with Crippen LogP contribution in [0, 0.1) is 0 Å². The molecule has 5 heteroatoms. The number of hydrogen-bond donors (Lipinski definition) is 1. The first-order valence-electron chi connectivity index (χ1n) is 6.07. The minimum Gasteiger partial charge on any atom is -0.483 e. The van der Waals surface area contributed by atoms with Crippen molar-refractivity contribution in [3.8, 4) is 5.75 Å². The van der Waals surface area contributed by atoms with Gasteiger partial charge in [0.25, 0.3) is 5.91 Å². The van der Waals surface area contributed by atoms with Gasteiger partial charge >= 0.3 is 0 Å². The number of carbonyl (C=O) groups is 2. The van der Waals surface area contributed by atoms with E-state index < -0.39 is 0 Å². The van der Waals surface area contributed by atoms with Crippen molar-refractivity contribution in [2.24, 2.45) is 0 Å². The first-order chi connectivity index (χ1) is 8.89. The average Bonchev–Trinajstić information content (AvgIpc) is 2.36. The lowest BCUT2D eigenvalue weighted by Crippen LogP contribution is -2.44. The van der Waals surface area contributed by atoms with Gasteiger partial charge in [-0.25, -0.2) is 0 Å². The maximum Gasteiger partial charge on any atom is 0.258 e. The van der Waals surface area contributed by atoms with Gasteiger partial charge in [-0.2, -0.15) is 0 Å². The molecule has 0 radical (unpaired) electrons. The third-order valence-corrected chi connectivity index (χ3v) is 3.18. The normalized spacial score (nSPS) is 10.9. The number of hydrogen-bond acceptors (Lipinski definition) is 3. The molecular formula is C14H18ClNO3. The maximum absolute atomic E-state index is 11.7. The summed E-state index contributed by atoms with van der Waals surface area (Å²) in [6, 6.07) is 4.87. The van der Waals surface area contributed by atoms with Crippen molar-refractivity contribution >= 4 is 23.8 Å². The number of ether oxygens (including phenoxy) is 1. The lowest BCUT2D eigenvalue weighted by atomic mass is 10.0. The number of nitrogens with one attached hydrogen (secondary N) is 1. The summed E-state index contributed by atoms with van der Waals surface area (Å²) in [5, 5.41) is 3.15. The van der Waals surface area contributed by atoms with E-state index in [1.54, 1.807) is 18.2 Å². The van der Waals surface area contributed by atoms with E-state index in [1.165, 1.54) is 0 Å². The molecule has 0 aromatic heterocycles. The minimum absolute atomic E-state index is 0.148. The second kappa shape index (κ2) is 6.57. The Bertz CT molecular complexity index is 472.